The summed E-state index contributed by atoms with van der Waals surface area (Å²) in [5.74, 6) is 0.976. The van der Waals surface area contributed by atoms with Gasteiger partial charge in [-0.25, -0.2) is 4.39 Å². The van der Waals surface area contributed by atoms with Gasteiger partial charge in [-0.3, -0.25) is 4.98 Å². The molecule has 0 bridgehead atoms. The molecule has 0 atom stereocenters. The van der Waals surface area contributed by atoms with E-state index in [0.29, 0.717) is 18.2 Å². The molecule has 0 fully saturated rings. The fourth-order valence-electron chi connectivity index (χ4n) is 1.82. The number of hydrogen-bond acceptors (Lipinski definition) is 3. The molecule has 2 rings (SSSR count). The van der Waals surface area contributed by atoms with Gasteiger partial charge in [0.2, 0.25) is 0 Å². The van der Waals surface area contributed by atoms with Gasteiger partial charge in [-0.2, -0.15) is 0 Å². The van der Waals surface area contributed by atoms with Crippen molar-refractivity contribution in [2.24, 2.45) is 5.92 Å². The van der Waals surface area contributed by atoms with Crippen LogP contribution in [0.4, 0.5) is 4.39 Å². The molecule has 1 aromatic carbocycles. The third kappa shape index (κ3) is 4.79. The Bertz CT molecular complexity index is 605. The van der Waals surface area contributed by atoms with Gasteiger partial charge in [0.25, 0.3) is 0 Å². The fraction of sp³-hybridized carbons (Fsp3) is 0.312. The highest BCUT2D eigenvalue weighted by Gasteiger charge is 2.09. The van der Waals surface area contributed by atoms with E-state index in [9.17, 15) is 4.39 Å². The molecule has 1 N–H and O–H groups in total. The summed E-state index contributed by atoms with van der Waals surface area (Å²) in [4.78, 5) is 4.10. The average molecular weight is 353 g/mol. The summed E-state index contributed by atoms with van der Waals surface area (Å²) in [6.07, 6.45) is 3.37. The van der Waals surface area contributed by atoms with E-state index in [1.165, 1.54) is 6.07 Å². The first-order chi connectivity index (χ1) is 10.1. The lowest BCUT2D eigenvalue weighted by atomic mass is 10.2. The van der Waals surface area contributed by atoms with Gasteiger partial charge in [-0.05, 0) is 36.7 Å². The molecule has 0 aliphatic rings. The van der Waals surface area contributed by atoms with E-state index in [-0.39, 0.29) is 5.75 Å². The van der Waals surface area contributed by atoms with Crippen molar-refractivity contribution < 1.29 is 9.13 Å². The van der Waals surface area contributed by atoms with Gasteiger partial charge in [0.05, 0.1) is 0 Å². The minimum absolute atomic E-state index is 0.195. The molecular weight excluding hydrogens is 335 g/mol. The minimum Gasteiger partial charge on any atom is -0.454 e. The van der Waals surface area contributed by atoms with Crippen molar-refractivity contribution in [3.8, 4) is 11.5 Å². The van der Waals surface area contributed by atoms with Crippen LogP contribution in [0.3, 0.4) is 0 Å². The Labute approximate surface area is 132 Å². The van der Waals surface area contributed by atoms with Crippen molar-refractivity contribution in [3.63, 3.8) is 0 Å². The zero-order valence-electron chi connectivity index (χ0n) is 12.1. The molecule has 0 saturated carbocycles. The van der Waals surface area contributed by atoms with Crippen molar-refractivity contribution in [3.05, 3.63) is 52.5 Å². The summed E-state index contributed by atoms with van der Waals surface area (Å²) in [7, 11) is 0. The fourth-order valence-corrected chi connectivity index (χ4v) is 2.16. The average Bonchev–Trinajstić information content (AvgIpc) is 2.44. The van der Waals surface area contributed by atoms with E-state index < -0.39 is 5.82 Å². The van der Waals surface area contributed by atoms with Gasteiger partial charge in [-0.15, -0.1) is 0 Å². The summed E-state index contributed by atoms with van der Waals surface area (Å²) in [6.45, 7) is 5.83. The van der Waals surface area contributed by atoms with E-state index in [4.69, 9.17) is 4.74 Å². The maximum Gasteiger partial charge on any atom is 0.165 e. The Morgan fingerprint density at radius 3 is 2.86 bits per heavy atom. The molecule has 112 valence electrons. The van der Waals surface area contributed by atoms with Crippen LogP contribution < -0.4 is 10.1 Å². The van der Waals surface area contributed by atoms with Crippen LogP contribution in [0.1, 0.15) is 19.4 Å². The highest BCUT2D eigenvalue weighted by Crippen LogP contribution is 2.29. The maximum atomic E-state index is 13.8. The second-order valence-electron chi connectivity index (χ2n) is 5.18. The lowest BCUT2D eigenvalue weighted by Crippen LogP contribution is -2.19. The van der Waals surface area contributed by atoms with Gasteiger partial charge in [0.15, 0.2) is 11.6 Å². The molecule has 0 aliphatic heterocycles. The van der Waals surface area contributed by atoms with Crippen LogP contribution in [-0.4, -0.2) is 11.5 Å². The van der Waals surface area contributed by atoms with Crippen LogP contribution in [0, 0.1) is 11.7 Å². The quantitative estimate of drug-likeness (QED) is 0.829. The van der Waals surface area contributed by atoms with Crippen LogP contribution in [0.5, 0.6) is 11.5 Å². The first kappa shape index (κ1) is 15.9. The summed E-state index contributed by atoms with van der Waals surface area (Å²) in [6, 6.07) is 6.37. The lowest BCUT2D eigenvalue weighted by Gasteiger charge is -2.13. The number of nitrogens with one attached hydrogen (secondary N) is 1. The monoisotopic (exact) mass is 352 g/mol. The summed E-state index contributed by atoms with van der Waals surface area (Å²) >= 11 is 3.31. The topological polar surface area (TPSA) is 34.2 Å². The number of nitrogens with zero attached hydrogens (tertiary/aromatic N) is 1. The number of pyridine rings is 1. The van der Waals surface area contributed by atoms with Crippen molar-refractivity contribution in [1.82, 2.24) is 10.3 Å². The maximum absolute atomic E-state index is 13.8. The largest absolute Gasteiger partial charge is 0.454 e. The molecule has 0 amide bonds. The number of rotatable bonds is 6. The molecule has 2 aromatic rings. The molecule has 0 saturated heterocycles. The van der Waals surface area contributed by atoms with Crippen LogP contribution in [0.15, 0.2) is 41.1 Å². The van der Waals surface area contributed by atoms with E-state index in [2.05, 4.69) is 40.1 Å². The second kappa shape index (κ2) is 7.52. The predicted octanol–water partition coefficient (Wildman–Crippen LogP) is 4.52. The Morgan fingerprint density at radius 2 is 2.10 bits per heavy atom. The van der Waals surface area contributed by atoms with Gasteiger partial charge in [0, 0.05) is 29.0 Å². The van der Waals surface area contributed by atoms with Crippen molar-refractivity contribution >= 4 is 15.9 Å². The third-order valence-corrected chi connectivity index (χ3v) is 3.33. The highest BCUT2D eigenvalue weighted by molar-refractivity contribution is 9.10. The summed E-state index contributed by atoms with van der Waals surface area (Å²) in [5.41, 5.74) is 0.900. The van der Waals surface area contributed by atoms with E-state index >= 15 is 0 Å². The van der Waals surface area contributed by atoms with E-state index in [1.54, 1.807) is 30.6 Å². The standard InChI is InChI=1S/C16H18BrFN2O/c1-11(2)8-20-10-12-9-19-6-5-15(12)21-16-7-13(17)3-4-14(16)18/h3-7,9,11,20H,8,10H2,1-2H3. The minimum atomic E-state index is -0.392. The van der Waals surface area contributed by atoms with Crippen molar-refractivity contribution in [2.45, 2.75) is 20.4 Å². The molecule has 0 radical (unpaired) electrons. The number of aromatic nitrogens is 1. The Hall–Kier alpha value is -1.46. The van der Waals surface area contributed by atoms with Gasteiger partial charge in [0.1, 0.15) is 5.75 Å². The summed E-state index contributed by atoms with van der Waals surface area (Å²) in [5, 5.41) is 3.33. The molecule has 1 heterocycles. The molecule has 3 nitrogen and oxygen atoms in total. The number of ether oxygens (including phenoxy) is 1. The third-order valence-electron chi connectivity index (χ3n) is 2.84. The Balaban J connectivity index is 2.14. The van der Waals surface area contributed by atoms with Crippen LogP contribution >= 0.6 is 15.9 Å². The lowest BCUT2D eigenvalue weighted by molar-refractivity contribution is 0.433. The van der Waals surface area contributed by atoms with Gasteiger partial charge >= 0.3 is 0 Å². The zero-order chi connectivity index (χ0) is 15.2. The first-order valence-electron chi connectivity index (χ1n) is 6.82. The van der Waals surface area contributed by atoms with E-state index in [0.717, 1.165) is 16.6 Å². The highest BCUT2D eigenvalue weighted by atomic mass is 79.9. The Morgan fingerprint density at radius 1 is 1.29 bits per heavy atom. The number of benzene rings is 1. The van der Waals surface area contributed by atoms with Crippen LogP contribution in [-0.2, 0) is 6.54 Å². The zero-order valence-corrected chi connectivity index (χ0v) is 13.7. The number of halogens is 2. The van der Waals surface area contributed by atoms with Crippen molar-refractivity contribution in [1.29, 1.82) is 0 Å². The van der Waals surface area contributed by atoms with Crippen LogP contribution in [0.2, 0.25) is 0 Å². The molecule has 5 heteroatoms. The smallest absolute Gasteiger partial charge is 0.165 e. The molecule has 0 unspecified atom stereocenters. The summed E-state index contributed by atoms with van der Waals surface area (Å²) < 4.78 is 20.2. The molecule has 1 aromatic heterocycles. The second-order valence-corrected chi connectivity index (χ2v) is 6.10. The molecule has 0 aliphatic carbocycles. The number of hydrogen-bond donors (Lipinski definition) is 1. The van der Waals surface area contributed by atoms with Crippen molar-refractivity contribution in [2.75, 3.05) is 6.54 Å². The van der Waals surface area contributed by atoms with Gasteiger partial charge in [-0.1, -0.05) is 29.8 Å². The predicted molar refractivity (Wildman–Crippen MR) is 85.0 cm³/mol. The van der Waals surface area contributed by atoms with Crippen LogP contribution in [0.25, 0.3) is 0 Å². The van der Waals surface area contributed by atoms with E-state index in [1.807, 2.05) is 0 Å². The first-order valence-corrected chi connectivity index (χ1v) is 7.62. The normalized spacial score (nSPS) is 10.9. The molecule has 21 heavy (non-hydrogen) atoms. The Kier molecular flexibility index (Phi) is 5.70. The molecule has 0 spiro atoms. The van der Waals surface area contributed by atoms with Gasteiger partial charge < -0.3 is 10.1 Å². The molecular formula is C16H18BrFN2O. The SMILES string of the molecule is CC(C)CNCc1cnccc1Oc1cc(Br)ccc1F.